The first-order valence-corrected chi connectivity index (χ1v) is 4.43. The van der Waals surface area contributed by atoms with Gasteiger partial charge in [0, 0.05) is 30.3 Å². The van der Waals surface area contributed by atoms with E-state index in [1.54, 1.807) is 12.1 Å². The van der Waals surface area contributed by atoms with Crippen LogP contribution < -0.4 is 0 Å². The minimum absolute atomic E-state index is 0. The molecule has 0 aromatic rings. The molecule has 0 aliphatic carbocycles. The number of nitriles is 2. The molecule has 0 bridgehead atoms. The van der Waals surface area contributed by atoms with Crippen LogP contribution >= 0.6 is 0 Å². The van der Waals surface area contributed by atoms with Gasteiger partial charge < -0.3 is 0 Å². The Morgan fingerprint density at radius 2 is 0.941 bits per heavy atom. The van der Waals surface area contributed by atoms with Crippen LogP contribution in [0.15, 0.2) is 0 Å². The van der Waals surface area contributed by atoms with E-state index in [1.165, 1.54) is 34.6 Å². The van der Waals surface area contributed by atoms with E-state index in [0.717, 1.165) is 0 Å². The molecule has 0 aromatic heterocycles. The minimum atomic E-state index is -1.03. The average molecular weight is 283 g/mol. The topological polar surface area (TPSA) is 98.8 Å². The van der Waals surface area contributed by atoms with Gasteiger partial charge in [-0.2, -0.15) is 10.5 Å². The molecule has 0 atom stereocenters. The third-order valence-corrected chi connectivity index (χ3v) is 1.22. The summed E-state index contributed by atoms with van der Waals surface area (Å²) >= 11 is 0. The normalized spacial score (nSPS) is 6.59. The van der Waals surface area contributed by atoms with Crippen LogP contribution in [0.3, 0.4) is 0 Å². The van der Waals surface area contributed by atoms with Crippen LogP contribution in [0.5, 0.6) is 0 Å². The molecule has 0 saturated carbocycles. The van der Waals surface area contributed by atoms with Gasteiger partial charge in [0.05, 0.1) is 12.1 Å². The fourth-order valence-corrected chi connectivity index (χ4v) is 0.859. The molecule has 0 N–H and O–H groups in total. The SMILES string of the molecule is CC#N.CC#N.CC(=O)C(C(C)=O)C(C)=O.[Ni]. The van der Waals surface area contributed by atoms with Crippen LogP contribution in [0.2, 0.25) is 0 Å². The molecule has 17 heavy (non-hydrogen) atoms. The quantitative estimate of drug-likeness (QED) is 0.576. The van der Waals surface area contributed by atoms with Crippen LogP contribution in [0, 0.1) is 28.6 Å². The Morgan fingerprint density at radius 3 is 0.941 bits per heavy atom. The maximum Gasteiger partial charge on any atom is 0.147 e. The third-order valence-electron chi connectivity index (χ3n) is 1.22. The average Bonchev–Trinajstić information content (AvgIpc) is 2.03. The second kappa shape index (κ2) is 16.9. The molecular weight excluding hydrogens is 267 g/mol. The van der Waals surface area contributed by atoms with Gasteiger partial charge in [0.2, 0.25) is 0 Å². The van der Waals surface area contributed by atoms with Gasteiger partial charge in [-0.1, -0.05) is 0 Å². The van der Waals surface area contributed by atoms with Gasteiger partial charge in [-0.25, -0.2) is 0 Å². The zero-order valence-electron chi connectivity index (χ0n) is 10.5. The summed E-state index contributed by atoms with van der Waals surface area (Å²) in [6.07, 6.45) is 0. The number of rotatable bonds is 3. The van der Waals surface area contributed by atoms with Crippen LogP contribution in [0.4, 0.5) is 0 Å². The van der Waals surface area contributed by atoms with Crippen molar-refractivity contribution in [1.29, 1.82) is 10.5 Å². The van der Waals surface area contributed by atoms with Crippen LogP contribution in [0.25, 0.3) is 0 Å². The number of nitrogens with zero attached hydrogens (tertiary/aromatic N) is 2. The number of ketones is 3. The van der Waals surface area contributed by atoms with Crippen molar-refractivity contribution >= 4 is 17.3 Å². The Labute approximate surface area is 112 Å². The Balaban J connectivity index is -0.000000102. The van der Waals surface area contributed by atoms with E-state index < -0.39 is 5.92 Å². The molecule has 0 spiro atoms. The molecule has 0 heterocycles. The van der Waals surface area contributed by atoms with Crippen molar-refractivity contribution in [1.82, 2.24) is 0 Å². The number of Topliss-reactive ketones (excluding diaryl/α,β-unsaturated/α-hetero) is 3. The van der Waals surface area contributed by atoms with E-state index in [4.69, 9.17) is 10.5 Å². The van der Waals surface area contributed by atoms with Crippen LogP contribution in [-0.2, 0) is 30.9 Å². The van der Waals surface area contributed by atoms with Gasteiger partial charge in [-0.3, -0.25) is 14.4 Å². The molecular formula is C11H16N2NiO3. The summed E-state index contributed by atoms with van der Waals surface area (Å²) in [5.74, 6) is -2.15. The Bertz CT molecular complexity index is 281. The summed E-state index contributed by atoms with van der Waals surface area (Å²) < 4.78 is 0. The number of carbonyl (C=O) groups is 3. The summed E-state index contributed by atoms with van der Waals surface area (Å²) in [5, 5.41) is 14.6. The van der Waals surface area contributed by atoms with Gasteiger partial charge in [-0.15, -0.1) is 0 Å². The second-order valence-corrected chi connectivity index (χ2v) is 2.71. The molecule has 5 nitrogen and oxygen atoms in total. The standard InChI is InChI=1S/C7H10O3.2C2H3N.Ni/c1-4(8)7(5(2)9)6(3)10;2*1-2-3;/h7H,1-3H3;2*1H3;. The molecule has 0 aliphatic rings. The van der Waals surface area contributed by atoms with Crippen molar-refractivity contribution in [2.24, 2.45) is 5.92 Å². The molecule has 0 aliphatic heterocycles. The summed E-state index contributed by atoms with van der Waals surface area (Å²) in [6.45, 7) is 6.59. The van der Waals surface area contributed by atoms with Crippen LogP contribution in [0.1, 0.15) is 34.6 Å². The molecule has 98 valence electrons. The summed E-state index contributed by atoms with van der Waals surface area (Å²) in [5.41, 5.74) is 0. The van der Waals surface area contributed by atoms with E-state index in [1.807, 2.05) is 0 Å². The Kier molecular flexibility index (Phi) is 24.5. The molecule has 0 fully saturated rings. The van der Waals surface area contributed by atoms with Gasteiger partial charge in [0.1, 0.15) is 23.3 Å². The fraction of sp³-hybridized carbons (Fsp3) is 0.545. The number of hydrogen-bond donors (Lipinski definition) is 0. The van der Waals surface area contributed by atoms with E-state index in [9.17, 15) is 14.4 Å². The van der Waals surface area contributed by atoms with E-state index in [0.29, 0.717) is 0 Å². The van der Waals surface area contributed by atoms with E-state index >= 15 is 0 Å². The molecule has 0 rings (SSSR count). The first kappa shape index (κ1) is 24.6. The van der Waals surface area contributed by atoms with Crippen molar-refractivity contribution in [3.63, 3.8) is 0 Å². The summed E-state index contributed by atoms with van der Waals surface area (Å²) in [7, 11) is 0. The van der Waals surface area contributed by atoms with E-state index in [-0.39, 0.29) is 33.8 Å². The Morgan fingerprint density at radius 1 is 0.824 bits per heavy atom. The molecule has 0 aromatic carbocycles. The summed E-state index contributed by atoms with van der Waals surface area (Å²) in [6, 6.07) is 3.50. The number of carbonyl (C=O) groups excluding carboxylic acids is 3. The van der Waals surface area contributed by atoms with Gasteiger partial charge in [0.15, 0.2) is 0 Å². The van der Waals surface area contributed by atoms with Gasteiger partial charge in [-0.05, 0) is 20.8 Å². The second-order valence-electron chi connectivity index (χ2n) is 2.71. The minimum Gasteiger partial charge on any atom is -0.299 e. The molecule has 0 saturated heterocycles. The van der Waals surface area contributed by atoms with Crippen molar-refractivity contribution in [3.05, 3.63) is 0 Å². The largest absolute Gasteiger partial charge is 0.299 e. The predicted molar refractivity (Wildman–Crippen MR) is 58.1 cm³/mol. The van der Waals surface area contributed by atoms with Crippen molar-refractivity contribution in [3.8, 4) is 12.1 Å². The van der Waals surface area contributed by atoms with E-state index in [2.05, 4.69) is 0 Å². The zero-order valence-corrected chi connectivity index (χ0v) is 11.5. The maximum atomic E-state index is 10.6. The van der Waals surface area contributed by atoms with Gasteiger partial charge >= 0.3 is 0 Å². The molecule has 0 amide bonds. The summed E-state index contributed by atoms with van der Waals surface area (Å²) in [4.78, 5) is 31.8. The smallest absolute Gasteiger partial charge is 0.147 e. The number of hydrogen-bond acceptors (Lipinski definition) is 5. The predicted octanol–water partition coefficient (Wildman–Crippen LogP) is 1.43. The van der Waals surface area contributed by atoms with Gasteiger partial charge in [0.25, 0.3) is 0 Å². The zero-order chi connectivity index (χ0) is 13.7. The van der Waals surface area contributed by atoms with Crippen molar-refractivity contribution in [2.75, 3.05) is 0 Å². The Hall–Kier alpha value is -1.52. The monoisotopic (exact) mass is 282 g/mol. The van der Waals surface area contributed by atoms with Crippen LogP contribution in [-0.4, -0.2) is 17.3 Å². The maximum absolute atomic E-state index is 10.6. The fourth-order valence-electron chi connectivity index (χ4n) is 0.859. The molecule has 0 unspecified atom stereocenters. The molecule has 0 radical (unpaired) electrons. The first-order chi connectivity index (χ1) is 7.29. The van der Waals surface area contributed by atoms with Crippen molar-refractivity contribution < 1.29 is 30.9 Å². The molecule has 6 heteroatoms. The third kappa shape index (κ3) is 20.5. The first-order valence-electron chi connectivity index (χ1n) is 4.43. The van der Waals surface area contributed by atoms with Crippen molar-refractivity contribution in [2.45, 2.75) is 34.6 Å².